The predicted octanol–water partition coefficient (Wildman–Crippen LogP) is 2.08. The summed E-state index contributed by atoms with van der Waals surface area (Å²) in [7, 11) is 3.10. The van der Waals surface area contributed by atoms with Gasteiger partial charge in [0.2, 0.25) is 0 Å². The summed E-state index contributed by atoms with van der Waals surface area (Å²) in [5, 5.41) is 22.9. The van der Waals surface area contributed by atoms with E-state index in [9.17, 15) is 5.11 Å². The highest BCUT2D eigenvalue weighted by Crippen LogP contribution is 2.40. The first-order valence-electron chi connectivity index (χ1n) is 7.67. The van der Waals surface area contributed by atoms with Crippen LogP contribution in [0.2, 0.25) is 0 Å². The molecule has 1 unspecified atom stereocenters. The van der Waals surface area contributed by atoms with Crippen LogP contribution in [0.3, 0.4) is 0 Å². The van der Waals surface area contributed by atoms with Crippen LogP contribution in [-0.4, -0.2) is 37.6 Å². The van der Waals surface area contributed by atoms with Crippen molar-refractivity contribution in [2.75, 3.05) is 38.4 Å². The highest BCUT2D eigenvalue weighted by atomic mass is 16.5. The van der Waals surface area contributed by atoms with Gasteiger partial charge in [0.05, 0.1) is 26.5 Å². The lowest BCUT2D eigenvalue weighted by Gasteiger charge is -2.22. The van der Waals surface area contributed by atoms with Crippen molar-refractivity contribution in [1.82, 2.24) is 0 Å². The Bertz CT molecular complexity index is 704. The Balaban J connectivity index is 2.52. The Labute approximate surface area is 141 Å². The maximum absolute atomic E-state index is 10.8. The molecule has 24 heavy (non-hydrogen) atoms. The van der Waals surface area contributed by atoms with Gasteiger partial charge in [-0.1, -0.05) is 18.2 Å². The summed E-state index contributed by atoms with van der Waals surface area (Å²) in [6, 6.07) is 9.05. The maximum atomic E-state index is 10.8. The van der Waals surface area contributed by atoms with Crippen LogP contribution in [0, 0.1) is 6.92 Å². The van der Waals surface area contributed by atoms with E-state index in [4.69, 9.17) is 20.3 Å². The van der Waals surface area contributed by atoms with E-state index in [0.29, 0.717) is 40.5 Å². The predicted molar refractivity (Wildman–Crippen MR) is 94.8 cm³/mol. The first kappa shape index (κ1) is 17.9. The second-order valence-electron chi connectivity index (χ2n) is 5.38. The zero-order valence-corrected chi connectivity index (χ0v) is 14.2. The van der Waals surface area contributed by atoms with Crippen LogP contribution >= 0.6 is 0 Å². The van der Waals surface area contributed by atoms with Crippen molar-refractivity contribution in [2.24, 2.45) is 0 Å². The van der Waals surface area contributed by atoms with E-state index in [1.807, 2.05) is 25.1 Å². The van der Waals surface area contributed by atoms with Crippen molar-refractivity contribution in [1.29, 1.82) is 0 Å². The molecule has 6 heteroatoms. The van der Waals surface area contributed by atoms with E-state index >= 15 is 0 Å². The van der Waals surface area contributed by atoms with Gasteiger partial charge in [0.25, 0.3) is 0 Å². The van der Waals surface area contributed by atoms with Gasteiger partial charge in [-0.2, -0.15) is 0 Å². The topological polar surface area (TPSA) is 97.0 Å². The van der Waals surface area contributed by atoms with E-state index in [2.05, 4.69) is 5.32 Å². The Morgan fingerprint density at radius 3 is 2.42 bits per heavy atom. The van der Waals surface area contributed by atoms with Crippen molar-refractivity contribution in [3.8, 4) is 11.5 Å². The van der Waals surface area contributed by atoms with Crippen molar-refractivity contribution >= 4 is 11.4 Å². The molecule has 2 rings (SSSR count). The van der Waals surface area contributed by atoms with Crippen molar-refractivity contribution in [2.45, 2.75) is 13.0 Å². The molecule has 0 saturated heterocycles. The average molecular weight is 332 g/mol. The minimum Gasteiger partial charge on any atom is -0.496 e. The maximum Gasteiger partial charge on any atom is 0.144 e. The number of nitrogens with two attached hydrogens (primary N) is 1. The highest BCUT2D eigenvalue weighted by molar-refractivity contribution is 5.78. The van der Waals surface area contributed by atoms with Crippen LogP contribution in [0.4, 0.5) is 11.4 Å². The summed E-state index contributed by atoms with van der Waals surface area (Å²) in [4.78, 5) is 0. The minimum absolute atomic E-state index is 0.0206. The molecule has 0 fully saturated rings. The number of methoxy groups -OCH3 is 2. The molecular formula is C18H24N2O4. The normalized spacial score (nSPS) is 11.9. The van der Waals surface area contributed by atoms with Crippen LogP contribution < -0.4 is 20.5 Å². The Hall–Kier alpha value is -2.44. The first-order chi connectivity index (χ1) is 11.5. The van der Waals surface area contributed by atoms with E-state index in [1.54, 1.807) is 19.2 Å². The lowest BCUT2D eigenvalue weighted by Crippen LogP contribution is -2.12. The minimum atomic E-state index is -0.899. The molecule has 0 bridgehead atoms. The quantitative estimate of drug-likeness (QED) is 0.580. The number of nitrogen functional groups attached to an aromatic ring is 1. The lowest BCUT2D eigenvalue weighted by molar-refractivity contribution is 0.213. The molecule has 2 aromatic rings. The molecular weight excluding hydrogens is 308 g/mol. The molecule has 0 aliphatic rings. The third-order valence-corrected chi connectivity index (χ3v) is 4.00. The molecule has 130 valence electrons. The van der Waals surface area contributed by atoms with Crippen LogP contribution in [0.15, 0.2) is 30.3 Å². The van der Waals surface area contributed by atoms with Crippen LogP contribution in [-0.2, 0) is 0 Å². The van der Waals surface area contributed by atoms with Gasteiger partial charge in [0.15, 0.2) is 0 Å². The molecule has 0 radical (unpaired) electrons. The van der Waals surface area contributed by atoms with Crippen LogP contribution in [0.25, 0.3) is 0 Å². The number of anilines is 2. The SMILES string of the molecule is COc1ccccc1C(O)c1cc(OC)c(NCCO)c(N)c1C. The van der Waals surface area contributed by atoms with Crippen molar-refractivity contribution in [3.63, 3.8) is 0 Å². The third kappa shape index (κ3) is 3.39. The van der Waals surface area contributed by atoms with Crippen LogP contribution in [0.5, 0.6) is 11.5 Å². The zero-order chi connectivity index (χ0) is 17.7. The molecule has 0 saturated carbocycles. The summed E-state index contributed by atoms with van der Waals surface area (Å²) in [5.41, 5.74) is 9.35. The molecule has 0 amide bonds. The van der Waals surface area contributed by atoms with Gasteiger partial charge in [0, 0.05) is 12.1 Å². The number of aliphatic hydroxyl groups excluding tert-OH is 2. The van der Waals surface area contributed by atoms with E-state index in [-0.39, 0.29) is 6.61 Å². The van der Waals surface area contributed by atoms with Gasteiger partial charge < -0.3 is 30.7 Å². The molecule has 1 atom stereocenters. The summed E-state index contributed by atoms with van der Waals surface area (Å²) in [6.45, 7) is 2.18. The molecule has 2 aromatic carbocycles. The average Bonchev–Trinajstić information content (AvgIpc) is 2.62. The molecule has 0 aliphatic carbocycles. The Morgan fingerprint density at radius 2 is 1.79 bits per heavy atom. The third-order valence-electron chi connectivity index (χ3n) is 4.00. The van der Waals surface area contributed by atoms with Gasteiger partial charge in [0.1, 0.15) is 23.3 Å². The lowest BCUT2D eigenvalue weighted by atomic mass is 9.94. The molecule has 0 heterocycles. The number of hydrogen-bond donors (Lipinski definition) is 4. The standard InChI is InChI=1S/C18H24N2O4/c1-11-13(18(22)12-6-4-5-7-14(12)23-2)10-15(24-3)17(16(11)19)20-8-9-21/h4-7,10,18,20-22H,8-9,19H2,1-3H3. The van der Waals surface area contributed by atoms with Gasteiger partial charge in [-0.25, -0.2) is 0 Å². The number of aliphatic hydroxyl groups is 2. The molecule has 0 spiro atoms. The Morgan fingerprint density at radius 1 is 1.12 bits per heavy atom. The molecule has 6 nitrogen and oxygen atoms in total. The number of hydrogen-bond acceptors (Lipinski definition) is 6. The summed E-state index contributed by atoms with van der Waals surface area (Å²) in [5.74, 6) is 1.11. The second-order valence-corrected chi connectivity index (χ2v) is 5.38. The number of benzene rings is 2. The van der Waals surface area contributed by atoms with E-state index < -0.39 is 6.10 Å². The smallest absolute Gasteiger partial charge is 0.144 e. The second kappa shape index (κ2) is 7.90. The fourth-order valence-corrected chi connectivity index (χ4v) is 2.67. The van der Waals surface area contributed by atoms with E-state index in [1.165, 1.54) is 7.11 Å². The Kier molecular flexibility index (Phi) is 5.89. The molecule has 0 aromatic heterocycles. The molecule has 0 aliphatic heterocycles. The fourth-order valence-electron chi connectivity index (χ4n) is 2.67. The van der Waals surface area contributed by atoms with Crippen molar-refractivity contribution < 1.29 is 19.7 Å². The van der Waals surface area contributed by atoms with Gasteiger partial charge in [-0.3, -0.25) is 0 Å². The van der Waals surface area contributed by atoms with E-state index in [0.717, 1.165) is 5.56 Å². The van der Waals surface area contributed by atoms with Gasteiger partial charge in [-0.15, -0.1) is 0 Å². The highest BCUT2D eigenvalue weighted by Gasteiger charge is 2.22. The zero-order valence-electron chi connectivity index (χ0n) is 14.2. The van der Waals surface area contributed by atoms with Gasteiger partial charge >= 0.3 is 0 Å². The number of para-hydroxylation sites is 1. The molecule has 5 N–H and O–H groups in total. The number of rotatable bonds is 7. The number of ether oxygens (including phenoxy) is 2. The monoisotopic (exact) mass is 332 g/mol. The largest absolute Gasteiger partial charge is 0.496 e. The summed E-state index contributed by atoms with van der Waals surface area (Å²) >= 11 is 0. The first-order valence-corrected chi connectivity index (χ1v) is 7.67. The van der Waals surface area contributed by atoms with Crippen molar-refractivity contribution in [3.05, 3.63) is 47.0 Å². The van der Waals surface area contributed by atoms with Gasteiger partial charge in [-0.05, 0) is 30.2 Å². The van der Waals surface area contributed by atoms with Crippen LogP contribution in [0.1, 0.15) is 22.8 Å². The summed E-state index contributed by atoms with van der Waals surface area (Å²) < 4.78 is 10.7. The number of nitrogens with one attached hydrogen (secondary N) is 1. The fraction of sp³-hybridized carbons (Fsp3) is 0.333. The summed E-state index contributed by atoms with van der Waals surface area (Å²) in [6.07, 6.45) is -0.899.